The number of pyridine rings is 2. The highest BCUT2D eigenvalue weighted by atomic mass is 16.5. The molecule has 7 nitrogen and oxygen atoms in total. The Kier molecular flexibility index (Phi) is 4.28. The maximum absolute atomic E-state index is 12.0. The van der Waals surface area contributed by atoms with Gasteiger partial charge in [-0.1, -0.05) is 0 Å². The Bertz CT molecular complexity index is 1090. The molecule has 3 aromatic rings. The van der Waals surface area contributed by atoms with E-state index in [0.717, 1.165) is 47.5 Å². The molecule has 0 radical (unpaired) electrons. The number of ether oxygens (including phenoxy) is 1. The Labute approximate surface area is 169 Å². The van der Waals surface area contributed by atoms with Gasteiger partial charge in [-0.2, -0.15) is 5.10 Å². The molecular weight excluding hydrogens is 366 g/mol. The summed E-state index contributed by atoms with van der Waals surface area (Å²) >= 11 is 0. The summed E-state index contributed by atoms with van der Waals surface area (Å²) in [7, 11) is 2.10. The number of fused-ring (bicyclic) bond motifs is 1. The van der Waals surface area contributed by atoms with Crippen LogP contribution in [0.15, 0.2) is 36.7 Å². The molecule has 2 aliphatic rings. The van der Waals surface area contributed by atoms with Gasteiger partial charge in [-0.05, 0) is 57.5 Å². The van der Waals surface area contributed by atoms with Crippen LogP contribution < -0.4 is 10.1 Å². The minimum absolute atomic E-state index is 0.0636. The molecule has 4 heterocycles. The van der Waals surface area contributed by atoms with Gasteiger partial charge in [0, 0.05) is 42.0 Å². The molecule has 7 heteroatoms. The second kappa shape index (κ2) is 6.84. The molecular formula is C22H25N5O2. The molecule has 5 rings (SSSR count). The Morgan fingerprint density at radius 1 is 1.28 bits per heavy atom. The molecule has 1 saturated heterocycles. The first kappa shape index (κ1) is 18.1. The number of hydrogen-bond donors (Lipinski definition) is 1. The lowest BCUT2D eigenvalue weighted by molar-refractivity contribution is -0.117. The van der Waals surface area contributed by atoms with E-state index in [-0.39, 0.29) is 17.9 Å². The van der Waals surface area contributed by atoms with Crippen molar-refractivity contribution in [1.29, 1.82) is 0 Å². The first-order valence-electron chi connectivity index (χ1n) is 10.1. The lowest BCUT2D eigenvalue weighted by atomic mass is 10.0. The van der Waals surface area contributed by atoms with Gasteiger partial charge in [0.15, 0.2) is 5.82 Å². The smallest absolute Gasteiger partial charge is 0.228 e. The molecule has 0 spiro atoms. The number of rotatable bonds is 5. The third-order valence-corrected chi connectivity index (χ3v) is 5.96. The highest BCUT2D eigenvalue weighted by Gasteiger charge is 2.35. The highest BCUT2D eigenvalue weighted by molar-refractivity contribution is 5.93. The fraction of sp³-hybridized carbons (Fsp3) is 0.409. The van der Waals surface area contributed by atoms with E-state index >= 15 is 0 Å². The van der Waals surface area contributed by atoms with Crippen LogP contribution in [0.1, 0.15) is 25.5 Å². The summed E-state index contributed by atoms with van der Waals surface area (Å²) in [6, 6.07) is 8.43. The predicted octanol–water partition coefficient (Wildman–Crippen LogP) is 3.13. The van der Waals surface area contributed by atoms with Crippen LogP contribution in [0.5, 0.6) is 5.75 Å². The van der Waals surface area contributed by atoms with E-state index in [1.807, 2.05) is 31.5 Å². The lowest BCUT2D eigenvalue weighted by Gasteiger charge is -2.43. The number of amides is 1. The summed E-state index contributed by atoms with van der Waals surface area (Å²) in [6.07, 6.45) is 5.85. The molecule has 29 heavy (non-hydrogen) atoms. The average Bonchev–Trinajstić information content (AvgIpc) is 3.49. The molecule has 2 unspecified atom stereocenters. The Morgan fingerprint density at radius 3 is 2.83 bits per heavy atom. The van der Waals surface area contributed by atoms with Crippen LogP contribution in [0.2, 0.25) is 0 Å². The standard InChI is InChI=1S/C22H25N5O2/c1-13-8-18(19(11-23-13)29-20-12-26(3)14(20)2)16-6-7-27-17(9-16)10-21(25-27)24-22(28)15-4-5-15/h6-11,14-15,20H,4-5,12H2,1-3H3,(H,24,25,28). The summed E-state index contributed by atoms with van der Waals surface area (Å²) in [5, 5.41) is 7.38. The van der Waals surface area contributed by atoms with E-state index in [1.165, 1.54) is 0 Å². The number of carbonyl (C=O) groups is 1. The molecule has 1 saturated carbocycles. The number of carbonyl (C=O) groups excluding carboxylic acids is 1. The third-order valence-electron chi connectivity index (χ3n) is 5.96. The molecule has 1 aliphatic carbocycles. The van der Waals surface area contributed by atoms with Gasteiger partial charge in [0.05, 0.1) is 11.7 Å². The van der Waals surface area contributed by atoms with Crippen molar-refractivity contribution in [3.05, 3.63) is 42.4 Å². The Morgan fingerprint density at radius 2 is 2.10 bits per heavy atom. The largest absolute Gasteiger partial charge is 0.485 e. The number of aryl methyl sites for hydroxylation is 1. The molecule has 1 aliphatic heterocycles. The molecule has 0 aromatic carbocycles. The zero-order chi connectivity index (χ0) is 20.1. The summed E-state index contributed by atoms with van der Waals surface area (Å²) in [6.45, 7) is 5.07. The molecule has 1 N–H and O–H groups in total. The fourth-order valence-electron chi connectivity index (χ4n) is 3.71. The molecule has 2 fully saturated rings. The van der Waals surface area contributed by atoms with Crippen molar-refractivity contribution in [2.75, 3.05) is 18.9 Å². The SMILES string of the molecule is Cc1cc(-c2ccn3nc(NC(=O)C4CC4)cc3c2)c(OC2CN(C)C2C)cn1. The van der Waals surface area contributed by atoms with Gasteiger partial charge < -0.3 is 10.1 Å². The van der Waals surface area contributed by atoms with E-state index in [1.54, 1.807) is 4.52 Å². The van der Waals surface area contributed by atoms with Crippen LogP contribution in [0, 0.1) is 12.8 Å². The first-order chi connectivity index (χ1) is 14.0. The first-order valence-corrected chi connectivity index (χ1v) is 10.1. The second-order valence-electron chi connectivity index (χ2n) is 8.24. The van der Waals surface area contributed by atoms with E-state index in [0.29, 0.717) is 11.9 Å². The normalized spacial score (nSPS) is 21.8. The van der Waals surface area contributed by atoms with Crippen molar-refractivity contribution in [1.82, 2.24) is 19.5 Å². The van der Waals surface area contributed by atoms with Crippen molar-refractivity contribution in [2.24, 2.45) is 5.92 Å². The van der Waals surface area contributed by atoms with E-state index in [4.69, 9.17) is 4.74 Å². The van der Waals surface area contributed by atoms with Gasteiger partial charge in [-0.15, -0.1) is 0 Å². The van der Waals surface area contributed by atoms with Crippen molar-refractivity contribution >= 4 is 17.2 Å². The summed E-state index contributed by atoms with van der Waals surface area (Å²) in [5.41, 5.74) is 3.92. The number of anilines is 1. The summed E-state index contributed by atoms with van der Waals surface area (Å²) < 4.78 is 8.07. The van der Waals surface area contributed by atoms with Gasteiger partial charge in [0.1, 0.15) is 11.9 Å². The quantitative estimate of drug-likeness (QED) is 0.723. The van der Waals surface area contributed by atoms with Crippen LogP contribution in [-0.2, 0) is 4.79 Å². The van der Waals surface area contributed by atoms with Gasteiger partial charge in [0.25, 0.3) is 0 Å². The number of hydrogen-bond acceptors (Lipinski definition) is 5. The highest BCUT2D eigenvalue weighted by Crippen LogP contribution is 2.34. The van der Waals surface area contributed by atoms with Crippen molar-refractivity contribution < 1.29 is 9.53 Å². The average molecular weight is 391 g/mol. The van der Waals surface area contributed by atoms with Gasteiger partial charge in [0.2, 0.25) is 5.91 Å². The number of nitrogens with zero attached hydrogens (tertiary/aromatic N) is 4. The molecule has 150 valence electrons. The number of nitrogens with one attached hydrogen (secondary N) is 1. The predicted molar refractivity (Wildman–Crippen MR) is 111 cm³/mol. The maximum Gasteiger partial charge on any atom is 0.228 e. The van der Waals surface area contributed by atoms with E-state index < -0.39 is 0 Å². The molecule has 3 aromatic heterocycles. The summed E-state index contributed by atoms with van der Waals surface area (Å²) in [4.78, 5) is 18.7. The van der Waals surface area contributed by atoms with Crippen molar-refractivity contribution in [3.63, 3.8) is 0 Å². The number of likely N-dealkylation sites (N-methyl/N-ethyl adjacent to an activating group) is 1. The van der Waals surface area contributed by atoms with E-state index in [2.05, 4.69) is 46.4 Å². The Hall–Kier alpha value is -2.93. The maximum atomic E-state index is 12.0. The number of likely N-dealkylation sites (tertiary alicyclic amines) is 1. The van der Waals surface area contributed by atoms with Gasteiger partial charge in [-0.25, -0.2) is 4.52 Å². The molecule has 2 atom stereocenters. The second-order valence-corrected chi connectivity index (χ2v) is 8.24. The lowest BCUT2D eigenvalue weighted by Crippen LogP contribution is -2.58. The summed E-state index contributed by atoms with van der Waals surface area (Å²) in [5.74, 6) is 1.61. The third kappa shape index (κ3) is 3.46. The van der Waals surface area contributed by atoms with Gasteiger partial charge in [-0.3, -0.25) is 14.7 Å². The van der Waals surface area contributed by atoms with E-state index in [9.17, 15) is 4.79 Å². The molecule has 0 bridgehead atoms. The monoisotopic (exact) mass is 391 g/mol. The fourth-order valence-corrected chi connectivity index (χ4v) is 3.71. The van der Waals surface area contributed by atoms with Crippen LogP contribution in [0.3, 0.4) is 0 Å². The van der Waals surface area contributed by atoms with Crippen LogP contribution in [0.25, 0.3) is 16.6 Å². The number of aromatic nitrogens is 3. The zero-order valence-corrected chi connectivity index (χ0v) is 16.9. The van der Waals surface area contributed by atoms with Crippen LogP contribution >= 0.6 is 0 Å². The topological polar surface area (TPSA) is 71.8 Å². The van der Waals surface area contributed by atoms with Gasteiger partial charge >= 0.3 is 0 Å². The zero-order valence-electron chi connectivity index (χ0n) is 16.9. The van der Waals surface area contributed by atoms with Crippen molar-refractivity contribution in [3.8, 4) is 16.9 Å². The van der Waals surface area contributed by atoms with Crippen LogP contribution in [0.4, 0.5) is 5.82 Å². The van der Waals surface area contributed by atoms with Crippen molar-refractivity contribution in [2.45, 2.75) is 38.8 Å². The van der Waals surface area contributed by atoms with Crippen LogP contribution in [-0.4, -0.2) is 51.1 Å². The minimum Gasteiger partial charge on any atom is -0.485 e. The Balaban J connectivity index is 1.45. The minimum atomic E-state index is 0.0636. The molecule has 1 amide bonds.